The standard InChI is InChI=1S/C14H15FN4O2/c15-10-2-1-3-12(8-10)21-11-4-6-19(7-5-11)14(20)13-16-9-17-18-13/h1-3,8-9,11H,4-7H2,(H,16,17,18). The van der Waals surface area contributed by atoms with E-state index in [0.717, 1.165) is 0 Å². The van der Waals surface area contributed by atoms with Crippen molar-refractivity contribution in [3.63, 3.8) is 0 Å². The number of ether oxygens (including phenoxy) is 1. The Kier molecular flexibility index (Phi) is 3.81. The number of piperidine rings is 1. The molecule has 1 aromatic carbocycles. The van der Waals surface area contributed by atoms with Crippen molar-refractivity contribution in [2.75, 3.05) is 13.1 Å². The highest BCUT2D eigenvalue weighted by molar-refractivity contribution is 5.90. The van der Waals surface area contributed by atoms with Crippen molar-refractivity contribution in [1.29, 1.82) is 0 Å². The summed E-state index contributed by atoms with van der Waals surface area (Å²) in [5.41, 5.74) is 0. The van der Waals surface area contributed by atoms with E-state index in [1.165, 1.54) is 18.5 Å². The number of carbonyl (C=O) groups is 1. The van der Waals surface area contributed by atoms with Gasteiger partial charge in [0, 0.05) is 32.0 Å². The Morgan fingerprint density at radius 3 is 2.86 bits per heavy atom. The van der Waals surface area contributed by atoms with Crippen LogP contribution in [-0.4, -0.2) is 45.2 Å². The number of H-pyrrole nitrogens is 1. The Hall–Kier alpha value is -2.44. The average Bonchev–Trinajstić information content (AvgIpc) is 3.01. The third-order valence-electron chi connectivity index (χ3n) is 3.45. The maximum Gasteiger partial charge on any atom is 0.291 e. The van der Waals surface area contributed by atoms with Crippen molar-refractivity contribution in [2.45, 2.75) is 18.9 Å². The summed E-state index contributed by atoms with van der Waals surface area (Å²) in [7, 11) is 0. The molecule has 6 nitrogen and oxygen atoms in total. The van der Waals surface area contributed by atoms with E-state index in [4.69, 9.17) is 4.74 Å². The lowest BCUT2D eigenvalue weighted by molar-refractivity contribution is 0.0584. The second-order valence-corrected chi connectivity index (χ2v) is 4.90. The summed E-state index contributed by atoms with van der Waals surface area (Å²) >= 11 is 0. The van der Waals surface area contributed by atoms with Gasteiger partial charge in [-0.15, -0.1) is 0 Å². The van der Waals surface area contributed by atoms with Crippen molar-refractivity contribution >= 4 is 5.91 Å². The first-order valence-electron chi connectivity index (χ1n) is 6.79. The van der Waals surface area contributed by atoms with E-state index in [0.29, 0.717) is 31.7 Å². The highest BCUT2D eigenvalue weighted by atomic mass is 19.1. The molecule has 21 heavy (non-hydrogen) atoms. The second kappa shape index (κ2) is 5.90. The van der Waals surface area contributed by atoms with Crippen LogP contribution in [0.3, 0.4) is 0 Å². The Morgan fingerprint density at radius 2 is 2.19 bits per heavy atom. The topological polar surface area (TPSA) is 71.1 Å². The quantitative estimate of drug-likeness (QED) is 0.932. The van der Waals surface area contributed by atoms with Gasteiger partial charge in [-0.2, -0.15) is 5.10 Å². The molecule has 3 rings (SSSR count). The number of halogens is 1. The van der Waals surface area contributed by atoms with Crippen LogP contribution in [0.4, 0.5) is 4.39 Å². The lowest BCUT2D eigenvalue weighted by atomic mass is 10.1. The van der Waals surface area contributed by atoms with Crippen molar-refractivity contribution < 1.29 is 13.9 Å². The average molecular weight is 290 g/mol. The Balaban J connectivity index is 1.54. The number of aromatic nitrogens is 3. The molecule has 1 fully saturated rings. The number of rotatable bonds is 3. The lowest BCUT2D eigenvalue weighted by Gasteiger charge is -2.31. The summed E-state index contributed by atoms with van der Waals surface area (Å²) in [6.45, 7) is 1.17. The summed E-state index contributed by atoms with van der Waals surface area (Å²) in [5, 5.41) is 6.24. The van der Waals surface area contributed by atoms with E-state index < -0.39 is 0 Å². The first-order chi connectivity index (χ1) is 10.2. The number of carbonyl (C=O) groups excluding carboxylic acids is 1. The molecule has 1 saturated heterocycles. The van der Waals surface area contributed by atoms with Crippen LogP contribution in [0.1, 0.15) is 23.5 Å². The minimum Gasteiger partial charge on any atom is -0.490 e. The maximum atomic E-state index is 13.1. The van der Waals surface area contributed by atoms with Crippen LogP contribution in [0.25, 0.3) is 0 Å². The third kappa shape index (κ3) is 3.18. The molecule has 0 saturated carbocycles. The number of hydrogen-bond donors (Lipinski definition) is 1. The zero-order valence-electron chi connectivity index (χ0n) is 11.3. The van der Waals surface area contributed by atoms with Gasteiger partial charge in [0.05, 0.1) is 0 Å². The van der Waals surface area contributed by atoms with Gasteiger partial charge in [0.25, 0.3) is 5.91 Å². The molecule has 0 radical (unpaired) electrons. The van der Waals surface area contributed by atoms with Gasteiger partial charge in [-0.25, -0.2) is 9.37 Å². The van der Waals surface area contributed by atoms with Crippen molar-refractivity contribution in [3.8, 4) is 5.75 Å². The van der Waals surface area contributed by atoms with E-state index >= 15 is 0 Å². The van der Waals surface area contributed by atoms with Crippen molar-refractivity contribution in [1.82, 2.24) is 20.1 Å². The predicted molar refractivity (Wildman–Crippen MR) is 72.3 cm³/mol. The number of benzene rings is 1. The minimum atomic E-state index is -0.314. The SMILES string of the molecule is O=C(c1ncn[nH]1)N1CCC(Oc2cccc(F)c2)CC1. The third-order valence-corrected chi connectivity index (χ3v) is 3.45. The summed E-state index contributed by atoms with van der Waals surface area (Å²) < 4.78 is 18.8. The van der Waals surface area contributed by atoms with Gasteiger partial charge in [-0.3, -0.25) is 9.89 Å². The summed E-state index contributed by atoms with van der Waals surface area (Å²) in [5.74, 6) is 0.302. The maximum absolute atomic E-state index is 13.1. The number of likely N-dealkylation sites (tertiary alicyclic amines) is 1. The van der Waals surface area contributed by atoms with Gasteiger partial charge < -0.3 is 9.64 Å². The number of nitrogens with one attached hydrogen (secondary N) is 1. The van der Waals surface area contributed by atoms with E-state index in [-0.39, 0.29) is 23.7 Å². The molecule has 1 aliphatic heterocycles. The molecular weight excluding hydrogens is 275 g/mol. The first kappa shape index (κ1) is 13.5. The smallest absolute Gasteiger partial charge is 0.291 e. The van der Waals surface area contributed by atoms with Crippen LogP contribution < -0.4 is 4.74 Å². The summed E-state index contributed by atoms with van der Waals surface area (Å²) in [6, 6.07) is 6.10. The second-order valence-electron chi connectivity index (χ2n) is 4.90. The molecule has 1 aromatic heterocycles. The van der Waals surface area contributed by atoms with Gasteiger partial charge in [0.15, 0.2) is 0 Å². The van der Waals surface area contributed by atoms with Crippen LogP contribution in [0.2, 0.25) is 0 Å². The molecule has 110 valence electrons. The van der Waals surface area contributed by atoms with Crippen molar-refractivity contribution in [3.05, 3.63) is 42.2 Å². The molecule has 1 amide bonds. The minimum absolute atomic E-state index is 0.00873. The normalized spacial score (nSPS) is 16.0. The van der Waals surface area contributed by atoms with Gasteiger partial charge in [-0.1, -0.05) is 6.07 Å². The van der Waals surface area contributed by atoms with Gasteiger partial charge >= 0.3 is 0 Å². The Bertz CT molecular complexity index is 609. The number of amides is 1. The number of nitrogens with zero attached hydrogens (tertiary/aromatic N) is 3. The Labute approximate surface area is 120 Å². The van der Waals surface area contributed by atoms with Crippen LogP contribution in [-0.2, 0) is 0 Å². The van der Waals surface area contributed by atoms with E-state index in [1.807, 2.05) is 0 Å². The summed E-state index contributed by atoms with van der Waals surface area (Å²) in [6.07, 6.45) is 2.71. The molecule has 0 atom stereocenters. The highest BCUT2D eigenvalue weighted by Gasteiger charge is 2.26. The summed E-state index contributed by atoms with van der Waals surface area (Å²) in [4.78, 5) is 17.6. The zero-order valence-corrected chi connectivity index (χ0v) is 11.3. The van der Waals surface area contributed by atoms with E-state index in [1.54, 1.807) is 17.0 Å². The molecule has 2 heterocycles. The van der Waals surface area contributed by atoms with Gasteiger partial charge in [0.2, 0.25) is 5.82 Å². The van der Waals surface area contributed by atoms with Crippen LogP contribution in [0.15, 0.2) is 30.6 Å². The molecule has 0 unspecified atom stereocenters. The molecule has 0 bridgehead atoms. The molecule has 1 N–H and O–H groups in total. The molecule has 2 aromatic rings. The van der Waals surface area contributed by atoms with Gasteiger partial charge in [-0.05, 0) is 12.1 Å². The number of hydrogen-bond acceptors (Lipinski definition) is 4. The molecule has 7 heteroatoms. The van der Waals surface area contributed by atoms with Crippen LogP contribution >= 0.6 is 0 Å². The van der Waals surface area contributed by atoms with E-state index in [9.17, 15) is 9.18 Å². The largest absolute Gasteiger partial charge is 0.490 e. The molecule has 1 aliphatic rings. The van der Waals surface area contributed by atoms with Crippen LogP contribution in [0.5, 0.6) is 5.75 Å². The van der Waals surface area contributed by atoms with E-state index in [2.05, 4.69) is 15.2 Å². The van der Waals surface area contributed by atoms with Crippen molar-refractivity contribution in [2.24, 2.45) is 0 Å². The Morgan fingerprint density at radius 1 is 1.38 bits per heavy atom. The number of aromatic amines is 1. The van der Waals surface area contributed by atoms with Crippen LogP contribution in [0, 0.1) is 5.82 Å². The molecular formula is C14H15FN4O2. The fraction of sp³-hybridized carbons (Fsp3) is 0.357. The fourth-order valence-electron chi connectivity index (χ4n) is 2.37. The fourth-order valence-corrected chi connectivity index (χ4v) is 2.37. The molecule has 0 aliphatic carbocycles. The van der Waals surface area contributed by atoms with Gasteiger partial charge in [0.1, 0.15) is 24.0 Å². The molecule has 0 spiro atoms. The zero-order chi connectivity index (χ0) is 14.7. The monoisotopic (exact) mass is 290 g/mol. The predicted octanol–water partition coefficient (Wildman–Crippen LogP) is 1.63. The first-order valence-corrected chi connectivity index (χ1v) is 6.79. The lowest BCUT2D eigenvalue weighted by Crippen LogP contribution is -2.42. The highest BCUT2D eigenvalue weighted by Crippen LogP contribution is 2.20.